The van der Waals surface area contributed by atoms with Crippen molar-refractivity contribution in [3.8, 4) is 0 Å². The highest BCUT2D eigenvalue weighted by atomic mass is 35.5. The molecule has 1 aliphatic heterocycles. The van der Waals surface area contributed by atoms with Crippen molar-refractivity contribution in [2.24, 2.45) is 0 Å². The van der Waals surface area contributed by atoms with E-state index in [-0.39, 0.29) is 6.04 Å². The zero-order valence-electron chi connectivity index (χ0n) is 11.4. The number of aliphatic hydroxyl groups is 1. The van der Waals surface area contributed by atoms with Crippen LogP contribution in [0, 0.1) is 0 Å². The highest BCUT2D eigenvalue weighted by Gasteiger charge is 2.32. The van der Waals surface area contributed by atoms with Crippen LogP contribution in [0.1, 0.15) is 25.1 Å². The smallest absolute Gasteiger partial charge is 0.134 e. The van der Waals surface area contributed by atoms with Crippen molar-refractivity contribution in [3.63, 3.8) is 0 Å². The maximum Gasteiger partial charge on any atom is 0.134 e. The molecule has 108 valence electrons. The molecule has 2 atom stereocenters. The van der Waals surface area contributed by atoms with Gasteiger partial charge in [-0.2, -0.15) is 0 Å². The molecule has 2 aromatic rings. The zero-order chi connectivity index (χ0) is 14.2. The summed E-state index contributed by atoms with van der Waals surface area (Å²) in [6.45, 7) is 3.52. The Labute approximate surface area is 122 Å². The Morgan fingerprint density at radius 3 is 3.05 bits per heavy atom. The van der Waals surface area contributed by atoms with E-state index < -0.39 is 5.60 Å². The van der Waals surface area contributed by atoms with E-state index in [1.165, 1.54) is 0 Å². The van der Waals surface area contributed by atoms with Gasteiger partial charge < -0.3 is 19.6 Å². The van der Waals surface area contributed by atoms with Crippen LogP contribution in [0.2, 0.25) is 5.02 Å². The van der Waals surface area contributed by atoms with Crippen LogP contribution in [0.3, 0.4) is 0 Å². The lowest BCUT2D eigenvalue weighted by atomic mass is 10.0. The minimum atomic E-state index is -0.760. The summed E-state index contributed by atoms with van der Waals surface area (Å²) in [6.07, 6.45) is 0.669. The van der Waals surface area contributed by atoms with Crippen molar-refractivity contribution in [3.05, 3.63) is 35.0 Å². The normalized spacial score (nSPS) is 24.4. The molecule has 2 heterocycles. The van der Waals surface area contributed by atoms with Crippen LogP contribution in [0.15, 0.2) is 28.7 Å². The Hall–Kier alpha value is -1.07. The molecule has 5 heteroatoms. The van der Waals surface area contributed by atoms with E-state index in [1.807, 2.05) is 31.2 Å². The number of rotatable bonds is 4. The van der Waals surface area contributed by atoms with Gasteiger partial charge in [0.25, 0.3) is 0 Å². The first kappa shape index (κ1) is 13.9. The predicted molar refractivity (Wildman–Crippen MR) is 78.0 cm³/mol. The molecule has 2 unspecified atom stereocenters. The summed E-state index contributed by atoms with van der Waals surface area (Å²) in [4.78, 5) is 0. The lowest BCUT2D eigenvalue weighted by Crippen LogP contribution is -2.41. The Morgan fingerprint density at radius 1 is 1.45 bits per heavy atom. The van der Waals surface area contributed by atoms with E-state index in [9.17, 15) is 5.11 Å². The quantitative estimate of drug-likeness (QED) is 0.911. The highest BCUT2D eigenvalue weighted by Crippen LogP contribution is 2.27. The molecule has 1 fully saturated rings. The number of furan rings is 1. The van der Waals surface area contributed by atoms with Crippen molar-refractivity contribution in [1.29, 1.82) is 0 Å². The highest BCUT2D eigenvalue weighted by molar-refractivity contribution is 6.31. The molecule has 0 aliphatic carbocycles. The van der Waals surface area contributed by atoms with Crippen LogP contribution < -0.4 is 5.32 Å². The molecular weight excluding hydrogens is 278 g/mol. The lowest BCUT2D eigenvalue weighted by Gasteiger charge is -2.22. The maximum absolute atomic E-state index is 10.2. The first-order valence-corrected chi connectivity index (χ1v) is 7.16. The van der Waals surface area contributed by atoms with Gasteiger partial charge >= 0.3 is 0 Å². The second-order valence-corrected chi connectivity index (χ2v) is 5.90. The van der Waals surface area contributed by atoms with E-state index in [0.29, 0.717) is 31.2 Å². The SMILES string of the molecule is CC(NCC1(O)CCOC1)c1cc2cc(Cl)ccc2o1. The number of nitrogens with one attached hydrogen (secondary N) is 1. The average Bonchev–Trinajstić information content (AvgIpc) is 3.02. The zero-order valence-corrected chi connectivity index (χ0v) is 12.1. The fourth-order valence-corrected chi connectivity index (χ4v) is 2.61. The molecular formula is C15H18ClNO3. The third-order valence-corrected chi connectivity index (χ3v) is 3.98. The summed E-state index contributed by atoms with van der Waals surface area (Å²) >= 11 is 5.97. The second kappa shape index (κ2) is 5.37. The van der Waals surface area contributed by atoms with Gasteiger partial charge in [0.1, 0.15) is 16.9 Å². The fraction of sp³-hybridized carbons (Fsp3) is 0.467. The van der Waals surface area contributed by atoms with Gasteiger partial charge in [-0.05, 0) is 31.2 Å². The van der Waals surface area contributed by atoms with Crippen LogP contribution in [-0.4, -0.2) is 30.5 Å². The maximum atomic E-state index is 10.2. The number of benzene rings is 1. The van der Waals surface area contributed by atoms with Gasteiger partial charge in [0.2, 0.25) is 0 Å². The van der Waals surface area contributed by atoms with Gasteiger partial charge in [0.15, 0.2) is 0 Å². The number of fused-ring (bicyclic) bond motifs is 1. The van der Waals surface area contributed by atoms with Crippen LogP contribution in [0.4, 0.5) is 0 Å². The summed E-state index contributed by atoms with van der Waals surface area (Å²) < 4.78 is 11.0. The average molecular weight is 296 g/mol. The molecule has 0 saturated carbocycles. The van der Waals surface area contributed by atoms with Gasteiger partial charge in [-0.25, -0.2) is 0 Å². The first-order chi connectivity index (χ1) is 9.56. The van der Waals surface area contributed by atoms with E-state index in [2.05, 4.69) is 5.32 Å². The van der Waals surface area contributed by atoms with Gasteiger partial charge in [-0.15, -0.1) is 0 Å². The van der Waals surface area contributed by atoms with Crippen molar-refractivity contribution >= 4 is 22.6 Å². The Bertz CT molecular complexity index is 604. The van der Waals surface area contributed by atoms with Gasteiger partial charge in [0, 0.05) is 30.0 Å². The molecule has 0 radical (unpaired) electrons. The Balaban J connectivity index is 1.70. The molecule has 1 saturated heterocycles. The molecule has 4 nitrogen and oxygen atoms in total. The largest absolute Gasteiger partial charge is 0.459 e. The van der Waals surface area contributed by atoms with Gasteiger partial charge in [0.05, 0.1) is 12.6 Å². The summed E-state index contributed by atoms with van der Waals surface area (Å²) in [6, 6.07) is 7.56. The number of ether oxygens (including phenoxy) is 1. The lowest BCUT2D eigenvalue weighted by molar-refractivity contribution is 0.0247. The summed E-state index contributed by atoms with van der Waals surface area (Å²) in [5.41, 5.74) is 0.0600. The van der Waals surface area contributed by atoms with E-state index in [1.54, 1.807) is 0 Å². The Morgan fingerprint density at radius 2 is 2.30 bits per heavy atom. The molecule has 1 aromatic heterocycles. The van der Waals surface area contributed by atoms with Gasteiger partial charge in [-0.3, -0.25) is 0 Å². The summed E-state index contributed by atoms with van der Waals surface area (Å²) in [5, 5.41) is 15.2. The summed E-state index contributed by atoms with van der Waals surface area (Å²) in [7, 11) is 0. The van der Waals surface area contributed by atoms with E-state index in [0.717, 1.165) is 16.7 Å². The van der Waals surface area contributed by atoms with Crippen molar-refractivity contribution < 1.29 is 14.3 Å². The molecule has 1 aliphatic rings. The Kier molecular flexibility index (Phi) is 3.73. The second-order valence-electron chi connectivity index (χ2n) is 5.46. The molecule has 20 heavy (non-hydrogen) atoms. The predicted octanol–water partition coefficient (Wildman–Crippen LogP) is 2.89. The van der Waals surface area contributed by atoms with E-state index >= 15 is 0 Å². The fourth-order valence-electron chi connectivity index (χ4n) is 2.43. The molecule has 0 amide bonds. The third kappa shape index (κ3) is 2.83. The topological polar surface area (TPSA) is 54.6 Å². The van der Waals surface area contributed by atoms with Crippen LogP contribution >= 0.6 is 11.6 Å². The third-order valence-electron chi connectivity index (χ3n) is 3.74. The standard InChI is InChI=1S/C15H18ClNO3/c1-10(17-8-15(18)4-5-19-9-15)14-7-11-6-12(16)2-3-13(11)20-14/h2-3,6-7,10,17-18H,4-5,8-9H2,1H3. The number of halogens is 1. The molecule has 2 N–H and O–H groups in total. The summed E-state index contributed by atoms with van der Waals surface area (Å²) in [5.74, 6) is 0.838. The molecule has 3 rings (SSSR count). The van der Waals surface area contributed by atoms with Crippen LogP contribution in [0.25, 0.3) is 11.0 Å². The minimum absolute atomic E-state index is 0.0193. The van der Waals surface area contributed by atoms with Crippen molar-refractivity contribution in [1.82, 2.24) is 5.32 Å². The van der Waals surface area contributed by atoms with Crippen LogP contribution in [0.5, 0.6) is 0 Å². The monoisotopic (exact) mass is 295 g/mol. The molecule has 0 spiro atoms. The van der Waals surface area contributed by atoms with Gasteiger partial charge in [-0.1, -0.05) is 11.6 Å². The van der Waals surface area contributed by atoms with Crippen molar-refractivity contribution in [2.75, 3.05) is 19.8 Å². The molecule has 0 bridgehead atoms. The number of hydrogen-bond donors (Lipinski definition) is 2. The van der Waals surface area contributed by atoms with Crippen LogP contribution in [-0.2, 0) is 4.74 Å². The first-order valence-electron chi connectivity index (χ1n) is 6.78. The van der Waals surface area contributed by atoms with Crippen molar-refractivity contribution in [2.45, 2.75) is 25.0 Å². The number of hydrogen-bond acceptors (Lipinski definition) is 4. The molecule has 1 aromatic carbocycles. The minimum Gasteiger partial charge on any atom is -0.459 e. The van der Waals surface area contributed by atoms with E-state index in [4.69, 9.17) is 20.8 Å².